The highest BCUT2D eigenvalue weighted by atomic mass is 32.2. The fourth-order valence-electron chi connectivity index (χ4n) is 3.18. The van der Waals surface area contributed by atoms with E-state index >= 15 is 0 Å². The van der Waals surface area contributed by atoms with E-state index in [4.69, 9.17) is 0 Å². The van der Waals surface area contributed by atoms with E-state index in [0.29, 0.717) is 19.4 Å². The van der Waals surface area contributed by atoms with Crippen molar-refractivity contribution in [2.45, 2.75) is 56.9 Å². The third-order valence-corrected chi connectivity index (χ3v) is 6.08. The van der Waals surface area contributed by atoms with Crippen LogP contribution in [-0.2, 0) is 21.2 Å². The molecular formula is C15H25N3O3S. The summed E-state index contributed by atoms with van der Waals surface area (Å²) in [5, 5.41) is 3.74. The molecule has 1 fully saturated rings. The van der Waals surface area contributed by atoms with E-state index in [1.807, 2.05) is 13.1 Å². The van der Waals surface area contributed by atoms with Gasteiger partial charge in [-0.2, -0.15) is 5.10 Å². The summed E-state index contributed by atoms with van der Waals surface area (Å²) >= 11 is 0. The highest BCUT2D eigenvalue weighted by molar-refractivity contribution is 7.91. The zero-order chi connectivity index (χ0) is 16.3. The van der Waals surface area contributed by atoms with Gasteiger partial charge < -0.3 is 4.90 Å². The fourth-order valence-corrected chi connectivity index (χ4v) is 4.66. The number of sulfone groups is 1. The molecule has 0 spiro atoms. The van der Waals surface area contributed by atoms with Gasteiger partial charge in [-0.3, -0.25) is 9.48 Å². The van der Waals surface area contributed by atoms with E-state index in [2.05, 4.69) is 5.10 Å². The molecular weight excluding hydrogens is 302 g/mol. The molecule has 22 heavy (non-hydrogen) atoms. The lowest BCUT2D eigenvalue weighted by molar-refractivity contribution is -0.132. The van der Waals surface area contributed by atoms with E-state index in [0.717, 1.165) is 24.8 Å². The molecule has 1 saturated carbocycles. The minimum absolute atomic E-state index is 0.0197. The molecule has 0 aliphatic heterocycles. The van der Waals surface area contributed by atoms with Gasteiger partial charge in [-0.1, -0.05) is 12.8 Å². The maximum Gasteiger partial charge on any atom is 0.224 e. The monoisotopic (exact) mass is 327 g/mol. The average Bonchev–Trinajstić information content (AvgIpc) is 2.88. The number of amides is 1. The molecule has 1 aliphatic rings. The lowest BCUT2D eigenvalue weighted by Crippen LogP contribution is -2.49. The molecule has 7 heteroatoms. The summed E-state index contributed by atoms with van der Waals surface area (Å²) in [6.07, 6.45) is 8.59. The summed E-state index contributed by atoms with van der Waals surface area (Å²) < 4.78 is 25.7. The van der Waals surface area contributed by atoms with Crippen molar-refractivity contribution in [1.82, 2.24) is 14.7 Å². The number of hydrogen-bond acceptors (Lipinski definition) is 4. The van der Waals surface area contributed by atoms with Crippen LogP contribution in [-0.4, -0.2) is 53.6 Å². The average molecular weight is 327 g/mol. The largest absolute Gasteiger partial charge is 0.341 e. The van der Waals surface area contributed by atoms with Crippen molar-refractivity contribution in [3.63, 3.8) is 0 Å². The Bertz CT molecular complexity index is 624. The summed E-state index contributed by atoms with van der Waals surface area (Å²) in [6.45, 7) is 2.48. The van der Waals surface area contributed by atoms with Crippen LogP contribution in [0.3, 0.4) is 0 Å². The summed E-state index contributed by atoms with van der Waals surface area (Å²) in [5.41, 5.74) is 1.06. The van der Waals surface area contributed by atoms with Crippen LogP contribution in [0.5, 0.6) is 0 Å². The van der Waals surface area contributed by atoms with Gasteiger partial charge in [-0.15, -0.1) is 0 Å². The summed E-state index contributed by atoms with van der Waals surface area (Å²) in [6, 6.07) is -0.199. The summed E-state index contributed by atoms with van der Waals surface area (Å²) in [5.74, 6) is -0.0197. The minimum atomic E-state index is -3.13. The van der Waals surface area contributed by atoms with Crippen molar-refractivity contribution in [3.8, 4) is 0 Å². The predicted molar refractivity (Wildman–Crippen MR) is 85.2 cm³/mol. The second-order valence-corrected chi connectivity index (χ2v) is 8.52. The maximum absolute atomic E-state index is 12.4. The van der Waals surface area contributed by atoms with Crippen molar-refractivity contribution in [2.24, 2.45) is 0 Å². The van der Waals surface area contributed by atoms with Gasteiger partial charge in [0.15, 0.2) is 9.84 Å². The topological polar surface area (TPSA) is 72.3 Å². The van der Waals surface area contributed by atoms with Crippen molar-refractivity contribution in [2.75, 3.05) is 13.3 Å². The van der Waals surface area contributed by atoms with Gasteiger partial charge in [0.05, 0.1) is 11.4 Å². The van der Waals surface area contributed by atoms with Crippen molar-refractivity contribution in [1.29, 1.82) is 0 Å². The van der Waals surface area contributed by atoms with Crippen LogP contribution in [0.2, 0.25) is 0 Å². The maximum atomic E-state index is 12.4. The third kappa shape index (κ3) is 4.09. The molecule has 0 aromatic carbocycles. The van der Waals surface area contributed by atoms with E-state index < -0.39 is 15.1 Å². The molecule has 6 nitrogen and oxygen atoms in total. The number of rotatable bonds is 5. The van der Waals surface area contributed by atoms with Crippen molar-refractivity contribution < 1.29 is 13.2 Å². The Hall–Kier alpha value is -1.37. The second kappa shape index (κ2) is 6.81. The first kappa shape index (κ1) is 17.0. The number of aromatic nitrogens is 2. The van der Waals surface area contributed by atoms with Gasteiger partial charge in [0.1, 0.15) is 0 Å². The van der Waals surface area contributed by atoms with E-state index in [-0.39, 0.29) is 11.9 Å². The highest BCUT2D eigenvalue weighted by Crippen LogP contribution is 2.27. The SMILES string of the molecule is Cc1cnn(CCC(=O)N(C)C2CCCCC2S(C)(=O)=O)c1. The molecule has 1 amide bonds. The Kier molecular flexibility index (Phi) is 5.26. The Morgan fingerprint density at radius 1 is 1.41 bits per heavy atom. The Labute approximate surface area is 132 Å². The number of carbonyl (C=O) groups is 1. The Morgan fingerprint density at radius 3 is 2.68 bits per heavy atom. The molecule has 1 aromatic rings. The number of nitrogens with zero attached hydrogens (tertiary/aromatic N) is 3. The van der Waals surface area contributed by atoms with Gasteiger partial charge >= 0.3 is 0 Å². The van der Waals surface area contributed by atoms with Crippen molar-refractivity contribution >= 4 is 15.7 Å². The number of hydrogen-bond donors (Lipinski definition) is 0. The van der Waals surface area contributed by atoms with Gasteiger partial charge in [0, 0.05) is 38.5 Å². The molecule has 1 aromatic heterocycles. The van der Waals surface area contributed by atoms with Gasteiger partial charge in [0.25, 0.3) is 0 Å². The molecule has 124 valence electrons. The summed E-state index contributed by atoms with van der Waals surface area (Å²) in [4.78, 5) is 14.0. The highest BCUT2D eigenvalue weighted by Gasteiger charge is 2.36. The summed E-state index contributed by atoms with van der Waals surface area (Å²) in [7, 11) is -1.40. The van der Waals surface area contributed by atoms with Crippen LogP contribution in [0, 0.1) is 6.92 Å². The molecule has 2 atom stereocenters. The molecule has 2 rings (SSSR count). The minimum Gasteiger partial charge on any atom is -0.341 e. The smallest absolute Gasteiger partial charge is 0.224 e. The molecule has 0 N–H and O–H groups in total. The molecule has 2 unspecified atom stereocenters. The number of carbonyl (C=O) groups excluding carboxylic acids is 1. The van der Waals surface area contributed by atoms with E-state index in [9.17, 15) is 13.2 Å². The first-order chi connectivity index (χ1) is 10.3. The standard InChI is InChI=1S/C15H25N3O3S/c1-12-10-16-18(11-12)9-8-15(19)17(2)13-6-4-5-7-14(13)22(3,20)21/h10-11,13-14H,4-9H2,1-3H3. The van der Waals surface area contributed by atoms with Crippen LogP contribution in [0.1, 0.15) is 37.7 Å². The van der Waals surface area contributed by atoms with E-state index in [1.54, 1.807) is 22.8 Å². The lowest BCUT2D eigenvalue weighted by Gasteiger charge is -2.37. The predicted octanol–water partition coefficient (Wildman–Crippen LogP) is 1.40. The van der Waals surface area contributed by atoms with Gasteiger partial charge in [0.2, 0.25) is 5.91 Å². The Balaban J connectivity index is 1.99. The molecule has 0 radical (unpaired) electrons. The van der Waals surface area contributed by atoms with Crippen LogP contribution in [0.15, 0.2) is 12.4 Å². The lowest BCUT2D eigenvalue weighted by atomic mass is 9.93. The second-order valence-electron chi connectivity index (χ2n) is 6.26. The van der Waals surface area contributed by atoms with Crippen LogP contribution >= 0.6 is 0 Å². The normalized spacial score (nSPS) is 22.5. The number of aryl methyl sites for hydroxylation is 2. The molecule has 0 saturated heterocycles. The first-order valence-electron chi connectivity index (χ1n) is 7.72. The van der Waals surface area contributed by atoms with Crippen LogP contribution in [0.4, 0.5) is 0 Å². The van der Waals surface area contributed by atoms with Crippen molar-refractivity contribution in [3.05, 3.63) is 18.0 Å². The zero-order valence-corrected chi connectivity index (χ0v) is 14.3. The van der Waals surface area contributed by atoms with Gasteiger partial charge in [-0.05, 0) is 25.3 Å². The quantitative estimate of drug-likeness (QED) is 0.819. The van der Waals surface area contributed by atoms with Gasteiger partial charge in [-0.25, -0.2) is 8.42 Å². The van der Waals surface area contributed by atoms with Crippen LogP contribution in [0.25, 0.3) is 0 Å². The van der Waals surface area contributed by atoms with E-state index in [1.165, 1.54) is 6.26 Å². The fraction of sp³-hybridized carbons (Fsp3) is 0.733. The van der Waals surface area contributed by atoms with Crippen LogP contribution < -0.4 is 0 Å². The third-order valence-electron chi connectivity index (χ3n) is 4.43. The first-order valence-corrected chi connectivity index (χ1v) is 9.68. The molecule has 0 bridgehead atoms. The molecule has 1 heterocycles. The Morgan fingerprint density at radius 2 is 2.09 bits per heavy atom. The molecule has 1 aliphatic carbocycles. The zero-order valence-electron chi connectivity index (χ0n) is 13.5.